The van der Waals surface area contributed by atoms with Gasteiger partial charge in [0.1, 0.15) is 11.6 Å². The van der Waals surface area contributed by atoms with Crippen LogP contribution in [0.4, 0.5) is 9.39 Å². The van der Waals surface area contributed by atoms with Crippen LogP contribution in [-0.2, 0) is 5.41 Å². The Bertz CT molecular complexity index is 1490. The molecule has 1 aromatic carbocycles. The zero-order valence-electron chi connectivity index (χ0n) is 27.8. The van der Waals surface area contributed by atoms with E-state index in [0.717, 1.165) is 28.9 Å². The van der Waals surface area contributed by atoms with E-state index in [-0.39, 0.29) is 11.0 Å². The van der Waals surface area contributed by atoms with Crippen LogP contribution in [0, 0.1) is 5.82 Å². The van der Waals surface area contributed by atoms with Crippen molar-refractivity contribution in [3.05, 3.63) is 51.9 Å². The van der Waals surface area contributed by atoms with E-state index in [1.54, 1.807) is 16.6 Å². The first-order valence-corrected chi connectivity index (χ1v) is 17.5. The molecule has 3 aromatic heterocycles. The molecule has 0 unspecified atom stereocenters. The van der Waals surface area contributed by atoms with Crippen molar-refractivity contribution >= 4 is 28.1 Å². The van der Waals surface area contributed by atoms with Crippen LogP contribution in [0.25, 0.3) is 23.1 Å². The van der Waals surface area contributed by atoms with Crippen LogP contribution in [-0.4, -0.2) is 40.0 Å². The Labute approximate surface area is 267 Å². The summed E-state index contributed by atoms with van der Waals surface area (Å²) in [5.41, 5.74) is 1.56. The minimum Gasteiger partial charge on any atom is -0.496 e. The molecule has 0 atom stereocenters. The van der Waals surface area contributed by atoms with Crippen molar-refractivity contribution < 1.29 is 9.13 Å². The number of fused-ring (bicyclic) bond motifs is 1. The van der Waals surface area contributed by atoms with Gasteiger partial charge in [0.05, 0.1) is 23.4 Å². The second-order valence-corrected chi connectivity index (χ2v) is 14.0. The predicted molar refractivity (Wildman–Crippen MR) is 183 cm³/mol. The van der Waals surface area contributed by atoms with E-state index in [2.05, 4.69) is 67.9 Å². The van der Waals surface area contributed by atoms with Gasteiger partial charge in [-0.3, -0.25) is 0 Å². The van der Waals surface area contributed by atoms with E-state index in [0.29, 0.717) is 17.2 Å². The van der Waals surface area contributed by atoms with Crippen LogP contribution in [0.2, 0.25) is 0 Å². The zero-order chi connectivity index (χ0) is 31.5. The fourth-order valence-corrected chi connectivity index (χ4v) is 6.77. The molecule has 0 aliphatic rings. The Balaban J connectivity index is 1.63. The third-order valence-electron chi connectivity index (χ3n) is 8.24. The molecule has 0 spiro atoms. The quantitative estimate of drug-likeness (QED) is 0.104. The number of hydrogen-bond donors (Lipinski definition) is 0. The van der Waals surface area contributed by atoms with Gasteiger partial charge in [-0.05, 0) is 43.2 Å². The van der Waals surface area contributed by atoms with Crippen molar-refractivity contribution in [1.29, 1.82) is 0 Å². The van der Waals surface area contributed by atoms with Gasteiger partial charge in [-0.15, -0.1) is 21.5 Å². The van der Waals surface area contributed by atoms with Crippen LogP contribution < -0.4 is 14.9 Å². The molecule has 44 heavy (non-hydrogen) atoms. The fraction of sp³-hybridized carbons (Fsp3) is 0.583. The van der Waals surface area contributed by atoms with Gasteiger partial charge in [0.2, 0.25) is 0 Å². The molecule has 6 nitrogen and oxygen atoms in total. The van der Waals surface area contributed by atoms with Crippen LogP contribution in [0.1, 0.15) is 122 Å². The van der Waals surface area contributed by atoms with E-state index in [1.165, 1.54) is 95.2 Å². The van der Waals surface area contributed by atoms with Gasteiger partial charge in [-0.1, -0.05) is 105 Å². The number of unbranched alkanes of at least 4 members (excludes halogenated alkanes) is 10. The summed E-state index contributed by atoms with van der Waals surface area (Å²) in [7, 11) is 1.53. The van der Waals surface area contributed by atoms with Gasteiger partial charge >= 0.3 is 0 Å². The number of rotatable bonds is 18. The molecule has 8 heteroatoms. The predicted octanol–water partition coefficient (Wildman–Crippen LogP) is 9.37. The molecule has 240 valence electrons. The molecule has 3 heterocycles. The van der Waals surface area contributed by atoms with Crippen molar-refractivity contribution in [2.24, 2.45) is 0 Å². The van der Waals surface area contributed by atoms with Gasteiger partial charge in [-0.25, -0.2) is 4.39 Å². The van der Waals surface area contributed by atoms with Crippen molar-refractivity contribution in [1.82, 2.24) is 19.8 Å². The van der Waals surface area contributed by atoms with Gasteiger partial charge in [0, 0.05) is 28.6 Å². The number of thiophene rings is 1. The summed E-state index contributed by atoms with van der Waals surface area (Å²) in [6.45, 7) is 13.2. The summed E-state index contributed by atoms with van der Waals surface area (Å²) in [4.78, 5) is 3.76. The van der Waals surface area contributed by atoms with Gasteiger partial charge in [-0.2, -0.15) is 9.61 Å². The minimum absolute atomic E-state index is 0.245. The van der Waals surface area contributed by atoms with Crippen LogP contribution in [0.5, 0.6) is 5.75 Å². The Hall–Kier alpha value is -3.00. The van der Waals surface area contributed by atoms with Crippen molar-refractivity contribution in [3.8, 4) is 17.1 Å². The number of ether oxygens (including phenoxy) is 1. The Kier molecular flexibility index (Phi) is 12.6. The molecule has 0 aliphatic carbocycles. The summed E-state index contributed by atoms with van der Waals surface area (Å²) in [5, 5.41) is 16.1. The number of aromatic nitrogens is 4. The molecule has 0 fully saturated rings. The number of nitrogens with zero attached hydrogens (tertiary/aromatic N) is 5. The average molecular weight is 622 g/mol. The first kappa shape index (κ1) is 33.9. The highest BCUT2D eigenvalue weighted by molar-refractivity contribution is 7.16. The number of hydrogen-bond acceptors (Lipinski definition) is 6. The molecular formula is C36H52FN5OS. The minimum atomic E-state index is -0.414. The molecule has 0 N–H and O–H groups in total. The summed E-state index contributed by atoms with van der Waals surface area (Å²) in [5.74, 6) is 0.336. The van der Waals surface area contributed by atoms with E-state index < -0.39 is 5.82 Å². The van der Waals surface area contributed by atoms with Gasteiger partial charge in [0.15, 0.2) is 11.5 Å². The summed E-state index contributed by atoms with van der Waals surface area (Å²) in [6.07, 6.45) is 17.9. The highest BCUT2D eigenvalue weighted by Crippen LogP contribution is 2.32. The molecular weight excluding hydrogens is 569 g/mol. The normalized spacial score (nSPS) is 12.5. The van der Waals surface area contributed by atoms with E-state index in [9.17, 15) is 0 Å². The lowest BCUT2D eigenvalue weighted by atomic mass is 9.91. The van der Waals surface area contributed by atoms with Gasteiger partial charge < -0.3 is 9.64 Å². The van der Waals surface area contributed by atoms with E-state index in [4.69, 9.17) is 9.84 Å². The first-order chi connectivity index (χ1) is 21.3. The van der Waals surface area contributed by atoms with E-state index >= 15 is 4.39 Å². The lowest BCUT2D eigenvalue weighted by molar-refractivity contribution is 0.413. The Morgan fingerprint density at radius 3 is 2.11 bits per heavy atom. The molecule has 0 saturated carbocycles. The zero-order valence-corrected chi connectivity index (χ0v) is 28.6. The monoisotopic (exact) mass is 621 g/mol. The third kappa shape index (κ3) is 8.58. The molecule has 0 bridgehead atoms. The number of anilines is 1. The van der Waals surface area contributed by atoms with Gasteiger partial charge in [0.25, 0.3) is 0 Å². The van der Waals surface area contributed by atoms with Crippen LogP contribution in [0.15, 0.2) is 30.3 Å². The molecule has 0 aliphatic heterocycles. The molecule has 4 aromatic rings. The second kappa shape index (κ2) is 16.4. The highest BCUT2D eigenvalue weighted by atomic mass is 32.1. The van der Waals surface area contributed by atoms with E-state index in [1.807, 2.05) is 11.3 Å². The lowest BCUT2D eigenvalue weighted by Gasteiger charge is -2.23. The molecule has 4 rings (SSSR count). The molecule has 0 amide bonds. The van der Waals surface area contributed by atoms with Crippen molar-refractivity contribution in [2.45, 2.75) is 117 Å². The summed E-state index contributed by atoms with van der Waals surface area (Å²) >= 11 is 1.83. The standard InChI is InChI=1S/C36H52FN5OS/c1-7-9-11-13-15-17-24-41(25-18-16-14-12-10-8-2)31-23-22-27(44-31)26-28-33(36(3,4)5)40-42-34(28)38-39-35(42)32-29(37)20-19-21-30(32)43-6/h19-23,26H,7-18,24-25H2,1-6H3/b28-26-. The van der Waals surface area contributed by atoms with Crippen LogP contribution in [0.3, 0.4) is 0 Å². The van der Waals surface area contributed by atoms with Crippen molar-refractivity contribution in [3.63, 3.8) is 0 Å². The van der Waals surface area contributed by atoms with Crippen molar-refractivity contribution in [2.75, 3.05) is 25.1 Å². The number of methoxy groups -OCH3 is 1. The highest BCUT2D eigenvalue weighted by Gasteiger charge is 2.26. The topological polar surface area (TPSA) is 55.6 Å². The molecule has 0 radical (unpaired) electrons. The fourth-order valence-electron chi connectivity index (χ4n) is 5.77. The average Bonchev–Trinajstić information content (AvgIpc) is 3.72. The maximum Gasteiger partial charge on any atom is 0.192 e. The summed E-state index contributed by atoms with van der Waals surface area (Å²) < 4.78 is 22.2. The largest absolute Gasteiger partial charge is 0.496 e. The lowest BCUT2D eigenvalue weighted by Crippen LogP contribution is -2.24. The number of benzene rings is 1. The Morgan fingerprint density at radius 1 is 0.864 bits per heavy atom. The third-order valence-corrected chi connectivity index (χ3v) is 9.33. The first-order valence-electron chi connectivity index (χ1n) is 16.7. The summed E-state index contributed by atoms with van der Waals surface area (Å²) in [6, 6.07) is 9.26. The maximum absolute atomic E-state index is 15.0. The Morgan fingerprint density at radius 2 is 1.50 bits per heavy atom. The van der Waals surface area contributed by atoms with Crippen LogP contribution >= 0.6 is 11.3 Å². The molecule has 0 saturated heterocycles. The second-order valence-electron chi connectivity index (χ2n) is 12.9. The number of halogens is 1. The SMILES string of the molecule is CCCCCCCCN(CCCCCCCC)c1ccc(/C=c2/c(C(C)(C)C)nn3c(-c4c(F)cccc4OC)nnc23)s1. The maximum atomic E-state index is 15.0. The smallest absolute Gasteiger partial charge is 0.192 e.